The highest BCUT2D eigenvalue weighted by Gasteiger charge is 2.33. The summed E-state index contributed by atoms with van der Waals surface area (Å²) in [4.78, 5) is 31.2. The van der Waals surface area contributed by atoms with Gasteiger partial charge in [0.15, 0.2) is 0 Å². The minimum Gasteiger partial charge on any atom is -0.357 e. The van der Waals surface area contributed by atoms with Crippen LogP contribution in [0.3, 0.4) is 0 Å². The summed E-state index contributed by atoms with van der Waals surface area (Å²) >= 11 is 6.80. The van der Waals surface area contributed by atoms with Gasteiger partial charge in [-0.15, -0.1) is 0 Å². The predicted octanol–water partition coefficient (Wildman–Crippen LogP) is 5.90. The molecule has 1 aromatic heterocycles. The summed E-state index contributed by atoms with van der Waals surface area (Å²) in [5.41, 5.74) is 2.69. The van der Waals surface area contributed by atoms with E-state index in [0.29, 0.717) is 33.8 Å². The highest BCUT2D eigenvalue weighted by Crippen LogP contribution is 2.37. The summed E-state index contributed by atoms with van der Waals surface area (Å²) in [5, 5.41) is 9.92. The van der Waals surface area contributed by atoms with Crippen LogP contribution in [0.1, 0.15) is 68.2 Å². The van der Waals surface area contributed by atoms with E-state index in [-0.39, 0.29) is 17.0 Å². The lowest BCUT2D eigenvalue weighted by atomic mass is 9.90. The molecule has 0 saturated carbocycles. The Balaban J connectivity index is 1.74. The third-order valence-electron chi connectivity index (χ3n) is 7.46. The average molecular weight is 549 g/mol. The number of amides is 1. The number of piperidine rings is 1. The van der Waals surface area contributed by atoms with Gasteiger partial charge in [-0.3, -0.25) is 19.1 Å². The van der Waals surface area contributed by atoms with Gasteiger partial charge < -0.3 is 4.90 Å². The van der Waals surface area contributed by atoms with E-state index in [0.717, 1.165) is 63.0 Å². The third-order valence-corrected chi connectivity index (χ3v) is 8.84. The molecule has 0 radical (unpaired) electrons. The van der Waals surface area contributed by atoms with Gasteiger partial charge in [-0.25, -0.2) is 0 Å². The van der Waals surface area contributed by atoms with Crippen LogP contribution in [-0.2, 0) is 17.8 Å². The molecule has 0 N–H and O–H groups in total. The molecule has 2 saturated heterocycles. The Morgan fingerprint density at radius 1 is 1.11 bits per heavy atom. The number of thiocarbonyl (C=S) groups is 1. The summed E-state index contributed by atoms with van der Waals surface area (Å²) in [6.07, 6.45) is 7.56. The summed E-state index contributed by atoms with van der Waals surface area (Å²) in [5.74, 6) is 1.31. The van der Waals surface area contributed by atoms with Crippen LogP contribution < -0.4 is 10.5 Å². The molecule has 4 rings (SSSR count). The fourth-order valence-electron chi connectivity index (χ4n) is 5.35. The normalized spacial score (nSPS) is 17.5. The van der Waals surface area contributed by atoms with Gasteiger partial charge in [-0.2, -0.15) is 5.26 Å². The van der Waals surface area contributed by atoms with Crippen molar-refractivity contribution in [1.82, 2.24) is 9.47 Å². The van der Waals surface area contributed by atoms with Crippen LogP contribution >= 0.6 is 24.0 Å². The number of nitriles is 1. The quantitative estimate of drug-likeness (QED) is 0.287. The van der Waals surface area contributed by atoms with Gasteiger partial charge in [0, 0.05) is 31.7 Å². The van der Waals surface area contributed by atoms with Crippen molar-refractivity contribution in [1.29, 1.82) is 5.26 Å². The molecule has 0 bridgehead atoms. The molecule has 2 aromatic rings. The number of carbonyl (C=O) groups is 1. The zero-order valence-electron chi connectivity index (χ0n) is 22.5. The first-order valence-electron chi connectivity index (χ1n) is 13.6. The fourth-order valence-corrected chi connectivity index (χ4v) is 6.64. The highest BCUT2D eigenvalue weighted by atomic mass is 32.2. The van der Waals surface area contributed by atoms with E-state index < -0.39 is 0 Å². The molecule has 2 aliphatic heterocycles. The van der Waals surface area contributed by atoms with Gasteiger partial charge in [-0.05, 0) is 62.1 Å². The summed E-state index contributed by atoms with van der Waals surface area (Å²) in [6.45, 7) is 8.73. The Morgan fingerprint density at radius 3 is 2.45 bits per heavy atom. The number of hydrogen-bond acceptors (Lipinski definition) is 6. The number of benzene rings is 1. The fraction of sp³-hybridized carbons (Fsp3) is 0.467. The number of carbonyl (C=O) groups excluding carboxylic acids is 1. The number of pyridine rings is 1. The van der Waals surface area contributed by atoms with Crippen LogP contribution in [0.4, 0.5) is 5.82 Å². The van der Waals surface area contributed by atoms with Crippen molar-refractivity contribution in [3.8, 4) is 6.07 Å². The minimum atomic E-state index is -0.240. The van der Waals surface area contributed by atoms with Gasteiger partial charge in [0.25, 0.3) is 11.5 Å². The second-order valence-corrected chi connectivity index (χ2v) is 11.8. The van der Waals surface area contributed by atoms with Gasteiger partial charge in [0.2, 0.25) is 0 Å². The van der Waals surface area contributed by atoms with Gasteiger partial charge in [-0.1, -0.05) is 74.6 Å². The van der Waals surface area contributed by atoms with E-state index in [4.69, 9.17) is 12.2 Å². The highest BCUT2D eigenvalue weighted by molar-refractivity contribution is 8.26. The Morgan fingerprint density at radius 2 is 1.82 bits per heavy atom. The van der Waals surface area contributed by atoms with Crippen LogP contribution in [0.15, 0.2) is 40.0 Å². The molecule has 6 nitrogen and oxygen atoms in total. The van der Waals surface area contributed by atoms with Crippen LogP contribution in [-0.4, -0.2) is 39.3 Å². The lowest BCUT2D eigenvalue weighted by molar-refractivity contribution is -0.122. The predicted molar refractivity (Wildman–Crippen MR) is 160 cm³/mol. The van der Waals surface area contributed by atoms with E-state index >= 15 is 0 Å². The lowest BCUT2D eigenvalue weighted by Crippen LogP contribution is -2.40. The first-order chi connectivity index (χ1) is 18.4. The SMILES string of the molecule is CCCCn1c(N2CCC(Cc3ccccc3)CC2)c(/C=C2\SC(=S)N(CCC)C2=O)c(C)c(C#N)c1=O. The molecule has 1 aromatic carbocycles. The van der Waals surface area contributed by atoms with Crippen molar-refractivity contribution in [3.63, 3.8) is 0 Å². The molecule has 0 spiro atoms. The molecule has 2 fully saturated rings. The van der Waals surface area contributed by atoms with Crippen LogP contribution in [0.5, 0.6) is 0 Å². The topological polar surface area (TPSA) is 69.3 Å². The number of aromatic nitrogens is 1. The molecule has 38 heavy (non-hydrogen) atoms. The van der Waals surface area contributed by atoms with Crippen LogP contribution in [0.2, 0.25) is 0 Å². The van der Waals surface area contributed by atoms with Crippen LogP contribution in [0, 0.1) is 24.2 Å². The third kappa shape index (κ3) is 5.89. The molecule has 0 aliphatic carbocycles. The summed E-state index contributed by atoms with van der Waals surface area (Å²) in [6, 6.07) is 12.7. The molecule has 0 atom stereocenters. The molecule has 8 heteroatoms. The van der Waals surface area contributed by atoms with Crippen molar-refractivity contribution < 1.29 is 4.79 Å². The van der Waals surface area contributed by atoms with E-state index in [1.165, 1.54) is 17.3 Å². The summed E-state index contributed by atoms with van der Waals surface area (Å²) in [7, 11) is 0. The minimum absolute atomic E-state index is 0.0985. The maximum Gasteiger partial charge on any atom is 0.270 e. The lowest BCUT2D eigenvalue weighted by Gasteiger charge is -2.36. The first-order valence-corrected chi connectivity index (χ1v) is 14.8. The number of hydrogen-bond donors (Lipinski definition) is 0. The maximum atomic E-state index is 13.5. The maximum absolute atomic E-state index is 13.5. The van der Waals surface area contributed by atoms with Crippen molar-refractivity contribution in [3.05, 3.63) is 67.8 Å². The Kier molecular flexibility index (Phi) is 9.45. The smallest absolute Gasteiger partial charge is 0.270 e. The zero-order valence-corrected chi connectivity index (χ0v) is 24.2. The van der Waals surface area contributed by atoms with Crippen LogP contribution in [0.25, 0.3) is 6.08 Å². The van der Waals surface area contributed by atoms with E-state index in [1.807, 2.05) is 26.0 Å². The molecule has 3 heterocycles. The number of thioether (sulfide) groups is 1. The zero-order chi connectivity index (χ0) is 27.2. The molecule has 2 aliphatic rings. The molecular formula is C30H36N4O2S2. The molecular weight excluding hydrogens is 512 g/mol. The summed E-state index contributed by atoms with van der Waals surface area (Å²) < 4.78 is 2.34. The van der Waals surface area contributed by atoms with E-state index in [2.05, 4.69) is 42.2 Å². The molecule has 200 valence electrons. The van der Waals surface area contributed by atoms with Gasteiger partial charge in [0.05, 0.1) is 4.91 Å². The monoisotopic (exact) mass is 548 g/mol. The average Bonchev–Trinajstić information content (AvgIpc) is 3.18. The number of unbranched alkanes of at least 4 members (excludes halogenated alkanes) is 1. The Labute approximate surface area is 235 Å². The van der Waals surface area contributed by atoms with Gasteiger partial charge in [0.1, 0.15) is 21.8 Å². The van der Waals surface area contributed by atoms with Crippen molar-refractivity contribution in [2.24, 2.45) is 5.92 Å². The van der Waals surface area contributed by atoms with Crippen molar-refractivity contribution >= 4 is 46.1 Å². The second kappa shape index (κ2) is 12.8. The van der Waals surface area contributed by atoms with Crippen molar-refractivity contribution in [2.75, 3.05) is 24.5 Å². The second-order valence-electron chi connectivity index (χ2n) is 10.1. The number of nitrogens with zero attached hydrogens (tertiary/aromatic N) is 4. The standard InChI is InChI=1S/C30H36N4O2S2/c1-4-6-15-33-27(32-16-12-23(13-17-32)18-22-10-8-7-9-11-22)24(21(3)25(20-31)28(33)35)19-26-29(36)34(14-5-2)30(37)38-26/h7-11,19,23H,4-6,12-18H2,1-3H3/b26-19-. The van der Waals surface area contributed by atoms with Crippen molar-refractivity contribution in [2.45, 2.75) is 65.8 Å². The Hall–Kier alpha value is -2.89. The van der Waals surface area contributed by atoms with Gasteiger partial charge >= 0.3 is 0 Å². The number of anilines is 1. The first kappa shape index (κ1) is 28.1. The number of rotatable bonds is 9. The van der Waals surface area contributed by atoms with E-state index in [1.54, 1.807) is 9.47 Å². The van der Waals surface area contributed by atoms with E-state index in [9.17, 15) is 14.9 Å². The molecule has 1 amide bonds. The molecule has 0 unspecified atom stereocenters. The Bertz CT molecular complexity index is 1320. The largest absolute Gasteiger partial charge is 0.357 e.